The molecule has 0 aliphatic rings. The molecule has 0 aromatic heterocycles. The van der Waals surface area contributed by atoms with E-state index in [0.29, 0.717) is 5.70 Å². The lowest BCUT2D eigenvalue weighted by atomic mass is 10.0. The van der Waals surface area contributed by atoms with Crippen LogP contribution in [0.3, 0.4) is 0 Å². The summed E-state index contributed by atoms with van der Waals surface area (Å²) in [4.78, 5) is 0. The highest BCUT2D eigenvalue weighted by molar-refractivity contribution is 5.73. The standard InChI is InChI=1S/C12H16N2/c1-9-5-4-6-10(2)12(9)8-14-11(3)7-13/h4-7,13-14H,3,8H2,1-2H3. The Kier molecular flexibility index (Phi) is 3.46. The molecule has 0 saturated heterocycles. The Hall–Kier alpha value is -1.57. The first-order chi connectivity index (χ1) is 6.65. The van der Waals surface area contributed by atoms with Crippen molar-refractivity contribution in [2.24, 2.45) is 0 Å². The summed E-state index contributed by atoms with van der Waals surface area (Å²) in [6.07, 6.45) is 1.23. The fourth-order valence-corrected chi connectivity index (χ4v) is 1.38. The monoisotopic (exact) mass is 188 g/mol. The molecule has 1 aromatic rings. The van der Waals surface area contributed by atoms with Crippen molar-refractivity contribution in [3.8, 4) is 0 Å². The lowest BCUT2D eigenvalue weighted by molar-refractivity contribution is 0.836. The van der Waals surface area contributed by atoms with E-state index in [1.807, 2.05) is 0 Å². The van der Waals surface area contributed by atoms with Crippen molar-refractivity contribution in [2.75, 3.05) is 0 Å². The van der Waals surface area contributed by atoms with Gasteiger partial charge in [0, 0.05) is 18.5 Å². The van der Waals surface area contributed by atoms with E-state index in [4.69, 9.17) is 5.41 Å². The van der Waals surface area contributed by atoms with Crippen LogP contribution in [-0.2, 0) is 6.54 Å². The Bertz CT molecular complexity index is 333. The number of hydrogen-bond acceptors (Lipinski definition) is 2. The van der Waals surface area contributed by atoms with Crippen molar-refractivity contribution in [3.63, 3.8) is 0 Å². The molecular formula is C12H16N2. The van der Waals surface area contributed by atoms with Gasteiger partial charge in [-0.15, -0.1) is 0 Å². The lowest BCUT2D eigenvalue weighted by Gasteiger charge is -2.11. The van der Waals surface area contributed by atoms with E-state index < -0.39 is 0 Å². The first kappa shape index (κ1) is 10.5. The maximum atomic E-state index is 6.99. The number of rotatable bonds is 4. The van der Waals surface area contributed by atoms with Crippen molar-refractivity contribution >= 4 is 6.21 Å². The van der Waals surface area contributed by atoms with Crippen LogP contribution in [-0.4, -0.2) is 6.21 Å². The van der Waals surface area contributed by atoms with Crippen LogP contribution in [0.2, 0.25) is 0 Å². The fraction of sp³-hybridized carbons (Fsp3) is 0.250. The Morgan fingerprint density at radius 2 is 2.00 bits per heavy atom. The van der Waals surface area contributed by atoms with Gasteiger partial charge in [-0.2, -0.15) is 0 Å². The minimum atomic E-state index is 0.646. The topological polar surface area (TPSA) is 35.9 Å². The molecule has 74 valence electrons. The summed E-state index contributed by atoms with van der Waals surface area (Å²) in [7, 11) is 0. The third-order valence-corrected chi connectivity index (χ3v) is 2.31. The molecule has 14 heavy (non-hydrogen) atoms. The highest BCUT2D eigenvalue weighted by atomic mass is 14.9. The third kappa shape index (κ3) is 2.46. The zero-order chi connectivity index (χ0) is 10.6. The highest BCUT2D eigenvalue weighted by Crippen LogP contribution is 2.12. The van der Waals surface area contributed by atoms with Crippen molar-refractivity contribution in [1.29, 1.82) is 5.41 Å². The molecule has 1 aromatic carbocycles. The van der Waals surface area contributed by atoms with Crippen LogP contribution in [0.1, 0.15) is 16.7 Å². The van der Waals surface area contributed by atoms with Crippen LogP contribution in [0.15, 0.2) is 30.5 Å². The molecule has 0 bridgehead atoms. The molecular weight excluding hydrogens is 172 g/mol. The van der Waals surface area contributed by atoms with Crippen LogP contribution < -0.4 is 5.32 Å². The molecule has 0 aliphatic heterocycles. The van der Waals surface area contributed by atoms with Crippen LogP contribution >= 0.6 is 0 Å². The predicted molar refractivity (Wildman–Crippen MR) is 60.7 cm³/mol. The van der Waals surface area contributed by atoms with Gasteiger partial charge in [-0.05, 0) is 30.5 Å². The normalized spacial score (nSPS) is 9.57. The van der Waals surface area contributed by atoms with E-state index in [2.05, 4.69) is 43.9 Å². The van der Waals surface area contributed by atoms with E-state index in [1.165, 1.54) is 22.9 Å². The Labute approximate surface area is 85.2 Å². The summed E-state index contributed by atoms with van der Waals surface area (Å²) < 4.78 is 0. The number of nitrogens with one attached hydrogen (secondary N) is 2. The maximum absolute atomic E-state index is 6.99. The van der Waals surface area contributed by atoms with Gasteiger partial charge >= 0.3 is 0 Å². The molecule has 2 N–H and O–H groups in total. The van der Waals surface area contributed by atoms with Crippen LogP contribution in [0.25, 0.3) is 0 Å². The smallest absolute Gasteiger partial charge is 0.0448 e. The van der Waals surface area contributed by atoms with Crippen molar-refractivity contribution in [1.82, 2.24) is 5.32 Å². The minimum Gasteiger partial charge on any atom is -0.380 e. The van der Waals surface area contributed by atoms with Gasteiger partial charge < -0.3 is 10.7 Å². The Morgan fingerprint density at radius 3 is 2.50 bits per heavy atom. The van der Waals surface area contributed by atoms with Gasteiger partial charge in [-0.25, -0.2) is 0 Å². The number of benzene rings is 1. The predicted octanol–water partition coefficient (Wildman–Crippen LogP) is 2.56. The van der Waals surface area contributed by atoms with E-state index >= 15 is 0 Å². The molecule has 0 aliphatic carbocycles. The summed E-state index contributed by atoms with van der Waals surface area (Å²) in [6, 6.07) is 6.24. The minimum absolute atomic E-state index is 0.646. The summed E-state index contributed by atoms with van der Waals surface area (Å²) in [5.41, 5.74) is 4.48. The average Bonchev–Trinajstić information content (AvgIpc) is 2.16. The second kappa shape index (κ2) is 4.61. The summed E-state index contributed by atoms with van der Waals surface area (Å²) >= 11 is 0. The number of allylic oxidation sites excluding steroid dienone is 1. The van der Waals surface area contributed by atoms with Gasteiger partial charge in [0.05, 0.1) is 0 Å². The SMILES string of the molecule is C=C(C=N)NCc1c(C)cccc1C. The number of aryl methyl sites for hydroxylation is 2. The largest absolute Gasteiger partial charge is 0.380 e. The molecule has 0 saturated carbocycles. The molecule has 0 radical (unpaired) electrons. The quantitative estimate of drug-likeness (QED) is 0.700. The average molecular weight is 188 g/mol. The molecule has 2 nitrogen and oxygen atoms in total. The zero-order valence-electron chi connectivity index (χ0n) is 8.72. The second-order valence-corrected chi connectivity index (χ2v) is 3.39. The van der Waals surface area contributed by atoms with Gasteiger partial charge in [0.1, 0.15) is 0 Å². The molecule has 0 spiro atoms. The summed E-state index contributed by atoms with van der Waals surface area (Å²) in [5, 5.41) is 10.1. The Balaban J connectivity index is 2.76. The molecule has 2 heteroatoms. The lowest BCUT2D eigenvalue weighted by Crippen LogP contribution is -2.14. The van der Waals surface area contributed by atoms with Crippen molar-refractivity contribution in [2.45, 2.75) is 20.4 Å². The summed E-state index contributed by atoms with van der Waals surface area (Å²) in [6.45, 7) is 8.63. The fourth-order valence-electron chi connectivity index (χ4n) is 1.38. The zero-order valence-corrected chi connectivity index (χ0v) is 8.72. The Morgan fingerprint density at radius 1 is 1.43 bits per heavy atom. The third-order valence-electron chi connectivity index (χ3n) is 2.31. The number of hydrogen-bond donors (Lipinski definition) is 2. The highest BCUT2D eigenvalue weighted by Gasteiger charge is 2.00. The van der Waals surface area contributed by atoms with E-state index in [9.17, 15) is 0 Å². The molecule has 0 heterocycles. The van der Waals surface area contributed by atoms with Crippen LogP contribution in [0, 0.1) is 19.3 Å². The van der Waals surface area contributed by atoms with Gasteiger partial charge in [0.25, 0.3) is 0 Å². The molecule has 0 atom stereocenters. The van der Waals surface area contributed by atoms with Crippen LogP contribution in [0.4, 0.5) is 0 Å². The first-order valence-electron chi connectivity index (χ1n) is 4.63. The maximum Gasteiger partial charge on any atom is 0.0448 e. The first-order valence-corrected chi connectivity index (χ1v) is 4.63. The van der Waals surface area contributed by atoms with Gasteiger partial charge in [-0.1, -0.05) is 24.8 Å². The van der Waals surface area contributed by atoms with Gasteiger partial charge in [0.2, 0.25) is 0 Å². The van der Waals surface area contributed by atoms with Gasteiger partial charge in [-0.3, -0.25) is 0 Å². The molecule has 0 amide bonds. The van der Waals surface area contributed by atoms with E-state index in [0.717, 1.165) is 6.54 Å². The van der Waals surface area contributed by atoms with Crippen molar-refractivity contribution < 1.29 is 0 Å². The molecule has 0 unspecified atom stereocenters. The van der Waals surface area contributed by atoms with E-state index in [-0.39, 0.29) is 0 Å². The molecule has 0 fully saturated rings. The van der Waals surface area contributed by atoms with Gasteiger partial charge in [0.15, 0.2) is 0 Å². The van der Waals surface area contributed by atoms with E-state index in [1.54, 1.807) is 0 Å². The van der Waals surface area contributed by atoms with Crippen molar-refractivity contribution in [3.05, 3.63) is 47.2 Å². The molecule has 1 rings (SSSR count). The van der Waals surface area contributed by atoms with Crippen LogP contribution in [0.5, 0.6) is 0 Å². The summed E-state index contributed by atoms with van der Waals surface area (Å²) in [5.74, 6) is 0. The second-order valence-electron chi connectivity index (χ2n) is 3.39.